The quantitative estimate of drug-likeness (QED) is 0.802. The second-order valence-corrected chi connectivity index (χ2v) is 5.56. The maximum atomic E-state index is 11.0. The lowest BCUT2D eigenvalue weighted by molar-refractivity contribution is -0.119. The van der Waals surface area contributed by atoms with Crippen molar-refractivity contribution in [3.63, 3.8) is 0 Å². The second kappa shape index (κ2) is 7.48. The van der Waals surface area contributed by atoms with Crippen molar-refractivity contribution in [2.24, 2.45) is 11.7 Å². The van der Waals surface area contributed by atoms with Crippen LogP contribution < -0.4 is 5.73 Å². The Balaban J connectivity index is 2.69. The molecular weight excluding hydrogens is 264 g/mol. The van der Waals surface area contributed by atoms with Gasteiger partial charge in [0, 0.05) is 18.1 Å². The first-order chi connectivity index (χ1) is 8.88. The Hall–Kier alpha value is -1.10. The van der Waals surface area contributed by atoms with E-state index in [9.17, 15) is 9.90 Å². The number of aliphatic hydroxyl groups excluding tert-OH is 1. The molecule has 1 amide bonds. The molecule has 3 N–H and O–H groups in total. The molecule has 1 aromatic rings. The summed E-state index contributed by atoms with van der Waals surface area (Å²) in [7, 11) is 0. The SMILES string of the molecule is CC(C)CN(CC(N)=O)CC(O)c1cccc(Cl)c1. The highest BCUT2D eigenvalue weighted by molar-refractivity contribution is 6.30. The molecule has 0 radical (unpaired) electrons. The van der Waals surface area contributed by atoms with Crippen LogP contribution in [0.3, 0.4) is 0 Å². The van der Waals surface area contributed by atoms with Crippen LogP contribution in [0.2, 0.25) is 5.02 Å². The number of amides is 1. The highest BCUT2D eigenvalue weighted by Crippen LogP contribution is 2.19. The Kier molecular flexibility index (Phi) is 6.28. The lowest BCUT2D eigenvalue weighted by atomic mass is 10.1. The third-order valence-electron chi connectivity index (χ3n) is 2.67. The average Bonchev–Trinajstić information content (AvgIpc) is 2.26. The van der Waals surface area contributed by atoms with Crippen LogP contribution >= 0.6 is 11.6 Å². The lowest BCUT2D eigenvalue weighted by Crippen LogP contribution is -2.38. The van der Waals surface area contributed by atoms with Crippen molar-refractivity contribution in [3.05, 3.63) is 34.9 Å². The zero-order valence-electron chi connectivity index (χ0n) is 11.3. The van der Waals surface area contributed by atoms with Crippen molar-refractivity contribution in [2.75, 3.05) is 19.6 Å². The van der Waals surface area contributed by atoms with Gasteiger partial charge in [-0.2, -0.15) is 0 Å². The van der Waals surface area contributed by atoms with Crippen molar-refractivity contribution in [3.8, 4) is 0 Å². The number of carbonyl (C=O) groups is 1. The Morgan fingerprint density at radius 1 is 1.42 bits per heavy atom. The van der Waals surface area contributed by atoms with Gasteiger partial charge in [0.2, 0.25) is 5.91 Å². The summed E-state index contributed by atoms with van der Waals surface area (Å²) in [6.07, 6.45) is -0.684. The van der Waals surface area contributed by atoms with Crippen LogP contribution in [0, 0.1) is 5.92 Å². The number of hydrogen-bond acceptors (Lipinski definition) is 3. The summed E-state index contributed by atoms with van der Waals surface area (Å²) in [6, 6.07) is 7.09. The molecule has 0 heterocycles. The summed E-state index contributed by atoms with van der Waals surface area (Å²) in [5, 5.41) is 10.8. The van der Waals surface area contributed by atoms with Crippen LogP contribution in [-0.4, -0.2) is 35.5 Å². The minimum atomic E-state index is -0.684. The molecule has 0 aromatic heterocycles. The zero-order valence-corrected chi connectivity index (χ0v) is 12.1. The fourth-order valence-corrected chi connectivity index (χ4v) is 2.20. The summed E-state index contributed by atoms with van der Waals surface area (Å²) >= 11 is 5.90. The minimum absolute atomic E-state index is 0.149. The van der Waals surface area contributed by atoms with E-state index >= 15 is 0 Å². The molecule has 0 aliphatic carbocycles. The molecule has 1 unspecified atom stereocenters. The van der Waals surface area contributed by atoms with Crippen LogP contribution in [0.5, 0.6) is 0 Å². The average molecular weight is 285 g/mol. The van der Waals surface area contributed by atoms with E-state index in [1.807, 2.05) is 11.0 Å². The zero-order chi connectivity index (χ0) is 14.4. The molecule has 0 aliphatic rings. The van der Waals surface area contributed by atoms with Gasteiger partial charge in [0.05, 0.1) is 12.6 Å². The molecule has 1 atom stereocenters. The van der Waals surface area contributed by atoms with Gasteiger partial charge < -0.3 is 10.8 Å². The number of benzene rings is 1. The molecule has 106 valence electrons. The molecule has 0 saturated carbocycles. The van der Waals surface area contributed by atoms with Crippen LogP contribution in [0.15, 0.2) is 24.3 Å². The van der Waals surface area contributed by atoms with Gasteiger partial charge in [-0.3, -0.25) is 9.69 Å². The van der Waals surface area contributed by atoms with E-state index in [-0.39, 0.29) is 12.5 Å². The molecule has 0 spiro atoms. The first-order valence-electron chi connectivity index (χ1n) is 6.32. The van der Waals surface area contributed by atoms with Gasteiger partial charge in [-0.05, 0) is 23.6 Å². The Morgan fingerprint density at radius 2 is 2.11 bits per heavy atom. The van der Waals surface area contributed by atoms with Crippen molar-refractivity contribution >= 4 is 17.5 Å². The minimum Gasteiger partial charge on any atom is -0.387 e. The number of carbonyl (C=O) groups excluding carboxylic acids is 1. The van der Waals surface area contributed by atoms with E-state index < -0.39 is 6.10 Å². The topological polar surface area (TPSA) is 66.6 Å². The molecule has 0 fully saturated rings. The largest absolute Gasteiger partial charge is 0.387 e. The van der Waals surface area contributed by atoms with Gasteiger partial charge in [0.1, 0.15) is 0 Å². The van der Waals surface area contributed by atoms with E-state index in [0.717, 1.165) is 5.56 Å². The van der Waals surface area contributed by atoms with Crippen LogP contribution in [0.1, 0.15) is 25.5 Å². The van der Waals surface area contributed by atoms with Gasteiger partial charge in [-0.15, -0.1) is 0 Å². The fraction of sp³-hybridized carbons (Fsp3) is 0.500. The number of hydrogen-bond donors (Lipinski definition) is 2. The predicted octanol–water partition coefficient (Wildman–Crippen LogP) is 1.82. The smallest absolute Gasteiger partial charge is 0.231 e. The third kappa shape index (κ3) is 6.05. The number of halogens is 1. The van der Waals surface area contributed by atoms with E-state index in [1.54, 1.807) is 18.2 Å². The summed E-state index contributed by atoms with van der Waals surface area (Å²) < 4.78 is 0. The molecule has 5 heteroatoms. The van der Waals surface area contributed by atoms with Gasteiger partial charge in [0.25, 0.3) is 0 Å². The van der Waals surface area contributed by atoms with E-state index in [4.69, 9.17) is 17.3 Å². The number of rotatable bonds is 7. The number of primary amides is 1. The predicted molar refractivity (Wildman–Crippen MR) is 76.9 cm³/mol. The Labute approximate surface area is 119 Å². The molecule has 0 saturated heterocycles. The van der Waals surface area contributed by atoms with Crippen LogP contribution in [-0.2, 0) is 4.79 Å². The maximum absolute atomic E-state index is 11.0. The Bertz CT molecular complexity index is 424. The summed E-state index contributed by atoms with van der Waals surface area (Å²) in [6.45, 7) is 5.33. The summed E-state index contributed by atoms with van der Waals surface area (Å²) in [5.74, 6) is 0.00450. The number of nitrogens with two attached hydrogens (primary N) is 1. The standard InChI is InChI=1S/C14H21ClN2O2/c1-10(2)7-17(9-14(16)19)8-13(18)11-4-3-5-12(15)6-11/h3-6,10,13,18H,7-9H2,1-2H3,(H2,16,19). The van der Waals surface area contributed by atoms with Gasteiger partial charge in [0.15, 0.2) is 0 Å². The van der Waals surface area contributed by atoms with Crippen LogP contribution in [0.25, 0.3) is 0 Å². The van der Waals surface area contributed by atoms with Crippen molar-refractivity contribution < 1.29 is 9.90 Å². The third-order valence-corrected chi connectivity index (χ3v) is 2.90. The molecule has 1 rings (SSSR count). The van der Waals surface area contributed by atoms with Crippen molar-refractivity contribution in [1.29, 1.82) is 0 Å². The molecular formula is C14H21ClN2O2. The fourth-order valence-electron chi connectivity index (χ4n) is 2.00. The first kappa shape index (κ1) is 16.0. The van der Waals surface area contributed by atoms with E-state index in [1.165, 1.54) is 0 Å². The first-order valence-corrected chi connectivity index (χ1v) is 6.70. The summed E-state index contributed by atoms with van der Waals surface area (Å²) in [5.41, 5.74) is 5.97. The lowest BCUT2D eigenvalue weighted by Gasteiger charge is -2.25. The van der Waals surface area contributed by atoms with E-state index in [2.05, 4.69) is 13.8 Å². The van der Waals surface area contributed by atoms with E-state index in [0.29, 0.717) is 24.0 Å². The van der Waals surface area contributed by atoms with Gasteiger partial charge >= 0.3 is 0 Å². The highest BCUT2D eigenvalue weighted by atomic mass is 35.5. The Morgan fingerprint density at radius 3 is 2.63 bits per heavy atom. The molecule has 4 nitrogen and oxygen atoms in total. The number of nitrogens with zero attached hydrogens (tertiary/aromatic N) is 1. The normalized spacial score (nSPS) is 12.9. The van der Waals surface area contributed by atoms with Crippen LogP contribution in [0.4, 0.5) is 0 Å². The molecule has 0 aliphatic heterocycles. The molecule has 0 bridgehead atoms. The number of aliphatic hydroxyl groups is 1. The van der Waals surface area contributed by atoms with Gasteiger partial charge in [-0.25, -0.2) is 0 Å². The molecule has 1 aromatic carbocycles. The highest BCUT2D eigenvalue weighted by Gasteiger charge is 2.16. The summed E-state index contributed by atoms with van der Waals surface area (Å²) in [4.78, 5) is 12.9. The second-order valence-electron chi connectivity index (χ2n) is 5.13. The van der Waals surface area contributed by atoms with Gasteiger partial charge in [-0.1, -0.05) is 37.6 Å². The van der Waals surface area contributed by atoms with Crippen molar-refractivity contribution in [1.82, 2.24) is 4.90 Å². The molecule has 19 heavy (non-hydrogen) atoms. The van der Waals surface area contributed by atoms with Crippen molar-refractivity contribution in [2.45, 2.75) is 20.0 Å². The monoisotopic (exact) mass is 284 g/mol. The maximum Gasteiger partial charge on any atom is 0.231 e.